The van der Waals surface area contributed by atoms with Gasteiger partial charge in [0, 0.05) is 31.7 Å². The van der Waals surface area contributed by atoms with Crippen LogP contribution in [-0.2, 0) is 16.1 Å². The third kappa shape index (κ3) is 5.01. The summed E-state index contributed by atoms with van der Waals surface area (Å²) in [5.74, 6) is 0. The maximum Gasteiger partial charge on any atom is 0.292 e. The SMILES string of the molecule is C=CN/C=C(\C)Cn1ccc2ccc(NC)cc21.COC=O. The predicted molar refractivity (Wildman–Crippen MR) is 91.6 cm³/mol. The van der Waals surface area contributed by atoms with Crippen LogP contribution in [0.4, 0.5) is 5.69 Å². The second-order valence-corrected chi connectivity index (χ2v) is 4.66. The molecule has 1 aromatic carbocycles. The lowest BCUT2D eigenvalue weighted by Crippen LogP contribution is -2.01. The number of fused-ring (bicyclic) bond motifs is 1. The minimum Gasteiger partial charge on any atom is -0.471 e. The molecule has 0 aliphatic carbocycles. The number of carbonyl (C=O) groups excluding carboxylic acids is 1. The summed E-state index contributed by atoms with van der Waals surface area (Å²) in [4.78, 5) is 8.95. The summed E-state index contributed by atoms with van der Waals surface area (Å²) >= 11 is 0. The van der Waals surface area contributed by atoms with Gasteiger partial charge in [0.15, 0.2) is 0 Å². The number of aromatic nitrogens is 1. The molecule has 0 aliphatic heterocycles. The van der Waals surface area contributed by atoms with Crippen molar-refractivity contribution >= 4 is 23.1 Å². The van der Waals surface area contributed by atoms with Gasteiger partial charge in [-0.3, -0.25) is 4.79 Å². The molecule has 5 nitrogen and oxygen atoms in total. The van der Waals surface area contributed by atoms with Gasteiger partial charge in [0.05, 0.1) is 12.6 Å². The summed E-state index contributed by atoms with van der Waals surface area (Å²) in [5, 5.41) is 7.44. The number of ether oxygens (including phenoxy) is 1. The number of allylic oxidation sites excluding steroid dienone is 1. The van der Waals surface area contributed by atoms with Crippen LogP contribution in [0.25, 0.3) is 10.9 Å². The third-order valence-corrected chi connectivity index (χ3v) is 3.03. The Morgan fingerprint density at radius 2 is 2.14 bits per heavy atom. The lowest BCUT2D eigenvalue weighted by atomic mass is 10.2. The smallest absolute Gasteiger partial charge is 0.292 e. The largest absolute Gasteiger partial charge is 0.471 e. The van der Waals surface area contributed by atoms with Gasteiger partial charge in [-0.05, 0) is 42.3 Å². The Hall–Kier alpha value is -2.69. The molecule has 5 heteroatoms. The second kappa shape index (κ2) is 9.28. The van der Waals surface area contributed by atoms with E-state index in [-0.39, 0.29) is 0 Å². The number of nitrogens with zero attached hydrogens (tertiary/aromatic N) is 1. The topological polar surface area (TPSA) is 55.3 Å². The van der Waals surface area contributed by atoms with Crippen molar-refractivity contribution in [3.05, 3.63) is 55.0 Å². The van der Waals surface area contributed by atoms with Gasteiger partial charge in [-0.25, -0.2) is 0 Å². The number of hydrogen-bond acceptors (Lipinski definition) is 4. The molecule has 0 aliphatic rings. The van der Waals surface area contributed by atoms with Crippen molar-refractivity contribution in [3.8, 4) is 0 Å². The molecule has 2 rings (SSSR count). The van der Waals surface area contributed by atoms with Crippen molar-refractivity contribution in [1.82, 2.24) is 9.88 Å². The van der Waals surface area contributed by atoms with Crippen LogP contribution in [0.2, 0.25) is 0 Å². The molecule has 2 N–H and O–H groups in total. The highest BCUT2D eigenvalue weighted by molar-refractivity contribution is 5.83. The Bertz CT molecular complexity index is 644. The molecule has 2 aromatic rings. The van der Waals surface area contributed by atoms with Crippen LogP contribution >= 0.6 is 0 Å². The summed E-state index contributed by atoms with van der Waals surface area (Å²) < 4.78 is 6.10. The average Bonchev–Trinajstić information content (AvgIpc) is 2.95. The van der Waals surface area contributed by atoms with Crippen molar-refractivity contribution in [1.29, 1.82) is 0 Å². The van der Waals surface area contributed by atoms with Gasteiger partial charge >= 0.3 is 0 Å². The van der Waals surface area contributed by atoms with Crippen molar-refractivity contribution < 1.29 is 9.53 Å². The van der Waals surface area contributed by atoms with E-state index in [9.17, 15) is 0 Å². The first-order valence-electron chi connectivity index (χ1n) is 6.92. The fourth-order valence-electron chi connectivity index (χ4n) is 1.99. The van der Waals surface area contributed by atoms with Gasteiger partial charge in [0.1, 0.15) is 0 Å². The van der Waals surface area contributed by atoms with Crippen LogP contribution in [0.15, 0.2) is 55.0 Å². The van der Waals surface area contributed by atoms with Crippen molar-refractivity contribution in [3.63, 3.8) is 0 Å². The highest BCUT2D eigenvalue weighted by atomic mass is 16.5. The van der Waals surface area contributed by atoms with Gasteiger partial charge in [0.25, 0.3) is 6.47 Å². The van der Waals surface area contributed by atoms with E-state index in [0.717, 1.165) is 12.2 Å². The first-order valence-corrected chi connectivity index (χ1v) is 6.92. The van der Waals surface area contributed by atoms with E-state index in [1.807, 2.05) is 13.2 Å². The normalized spacial score (nSPS) is 10.4. The molecule has 0 bridgehead atoms. The lowest BCUT2D eigenvalue weighted by Gasteiger charge is -2.07. The zero-order valence-electron chi connectivity index (χ0n) is 13.3. The minimum atomic E-state index is 0.375. The highest BCUT2D eigenvalue weighted by Crippen LogP contribution is 2.21. The molecular weight excluding hydrogens is 278 g/mol. The molecule has 1 aromatic heterocycles. The molecule has 0 fully saturated rings. The first kappa shape index (κ1) is 17.4. The summed E-state index contributed by atoms with van der Waals surface area (Å²) in [6.07, 6.45) is 5.77. The van der Waals surface area contributed by atoms with Crippen molar-refractivity contribution in [2.45, 2.75) is 13.5 Å². The van der Waals surface area contributed by atoms with Crippen LogP contribution in [0.1, 0.15) is 6.92 Å². The lowest BCUT2D eigenvalue weighted by molar-refractivity contribution is -0.126. The average molecular weight is 301 g/mol. The Morgan fingerprint density at radius 1 is 1.41 bits per heavy atom. The number of methoxy groups -OCH3 is 1. The number of rotatable bonds is 6. The Kier molecular flexibility index (Phi) is 7.33. The quantitative estimate of drug-likeness (QED) is 0.805. The molecule has 0 radical (unpaired) electrons. The van der Waals surface area contributed by atoms with E-state index < -0.39 is 0 Å². The molecule has 22 heavy (non-hydrogen) atoms. The number of hydrogen-bond donors (Lipinski definition) is 2. The standard InChI is InChI=1S/C15H19N3.C2H4O2/c1-4-17-10-12(2)11-18-8-7-13-5-6-14(16-3)9-15(13)18;1-4-2-3/h4-10,16-17H,1,11H2,2-3H3;2H,1H3/b12-10+;. The van der Waals surface area contributed by atoms with E-state index in [2.05, 4.69) is 63.9 Å². The molecule has 0 saturated carbocycles. The summed E-state index contributed by atoms with van der Waals surface area (Å²) in [7, 11) is 3.25. The van der Waals surface area contributed by atoms with E-state index in [1.54, 1.807) is 6.20 Å². The highest BCUT2D eigenvalue weighted by Gasteiger charge is 2.02. The third-order valence-electron chi connectivity index (χ3n) is 3.03. The minimum absolute atomic E-state index is 0.375. The number of nitrogens with one attached hydrogen (secondary N) is 2. The maximum absolute atomic E-state index is 8.95. The fourth-order valence-corrected chi connectivity index (χ4v) is 1.99. The molecule has 1 heterocycles. The summed E-state index contributed by atoms with van der Waals surface area (Å²) in [5.41, 5.74) is 3.63. The van der Waals surface area contributed by atoms with Crippen LogP contribution in [0.5, 0.6) is 0 Å². The Morgan fingerprint density at radius 3 is 2.73 bits per heavy atom. The molecule has 0 spiro atoms. The van der Waals surface area contributed by atoms with Crippen LogP contribution in [0.3, 0.4) is 0 Å². The van der Waals surface area contributed by atoms with E-state index in [4.69, 9.17) is 4.79 Å². The molecule has 0 unspecified atom stereocenters. The Labute approximate surface area is 131 Å². The van der Waals surface area contributed by atoms with Crippen molar-refractivity contribution in [2.75, 3.05) is 19.5 Å². The Balaban J connectivity index is 0.000000541. The van der Waals surface area contributed by atoms with E-state index >= 15 is 0 Å². The number of anilines is 1. The molecule has 0 atom stereocenters. The molecular formula is C17H23N3O2. The monoisotopic (exact) mass is 301 g/mol. The van der Waals surface area contributed by atoms with Gasteiger partial charge in [0.2, 0.25) is 0 Å². The van der Waals surface area contributed by atoms with Crippen LogP contribution < -0.4 is 10.6 Å². The molecule has 0 amide bonds. The van der Waals surface area contributed by atoms with Gasteiger partial charge in [-0.2, -0.15) is 0 Å². The fraction of sp³-hybridized carbons (Fsp3) is 0.235. The van der Waals surface area contributed by atoms with Crippen LogP contribution in [0, 0.1) is 0 Å². The van der Waals surface area contributed by atoms with E-state index in [1.165, 1.54) is 23.6 Å². The summed E-state index contributed by atoms with van der Waals surface area (Å²) in [6, 6.07) is 8.54. The first-order chi connectivity index (χ1) is 10.7. The zero-order valence-corrected chi connectivity index (χ0v) is 13.3. The summed E-state index contributed by atoms with van der Waals surface area (Å²) in [6.45, 7) is 6.98. The van der Waals surface area contributed by atoms with Crippen molar-refractivity contribution in [2.24, 2.45) is 0 Å². The number of benzene rings is 1. The van der Waals surface area contributed by atoms with E-state index in [0.29, 0.717) is 6.47 Å². The zero-order chi connectivity index (χ0) is 16.4. The predicted octanol–water partition coefficient (Wildman–Crippen LogP) is 3.11. The van der Waals surface area contributed by atoms with Crippen LogP contribution in [-0.4, -0.2) is 25.2 Å². The van der Waals surface area contributed by atoms with Gasteiger partial charge < -0.3 is 19.9 Å². The van der Waals surface area contributed by atoms with Gasteiger partial charge in [-0.1, -0.05) is 12.6 Å². The molecule has 118 valence electrons. The van der Waals surface area contributed by atoms with Gasteiger partial charge in [-0.15, -0.1) is 0 Å². The second-order valence-electron chi connectivity index (χ2n) is 4.66. The maximum atomic E-state index is 8.95. The molecule has 0 saturated heterocycles. The number of carbonyl (C=O) groups is 1.